The van der Waals surface area contributed by atoms with E-state index in [1.54, 1.807) is 6.08 Å². The largest absolute Gasteiger partial charge is 0.468 e. The molecule has 4 nitrogen and oxygen atoms in total. The van der Waals surface area contributed by atoms with E-state index in [0.29, 0.717) is 0 Å². The van der Waals surface area contributed by atoms with Crippen molar-refractivity contribution in [2.45, 2.75) is 26.2 Å². The highest BCUT2D eigenvalue weighted by Gasteiger charge is 2.37. The van der Waals surface area contributed by atoms with E-state index in [1.807, 2.05) is 6.92 Å². The van der Waals surface area contributed by atoms with Gasteiger partial charge in [-0.05, 0) is 25.2 Å². The van der Waals surface area contributed by atoms with Crippen molar-refractivity contribution in [2.24, 2.45) is 11.8 Å². The lowest BCUT2D eigenvalue weighted by Crippen LogP contribution is -2.36. The molecule has 1 fully saturated rings. The highest BCUT2D eigenvalue weighted by molar-refractivity contribution is 6.06. The lowest BCUT2D eigenvalue weighted by molar-refractivity contribution is -0.150. The molecule has 17 heavy (non-hydrogen) atoms. The minimum atomic E-state index is -0.605. The highest BCUT2D eigenvalue weighted by Crippen LogP contribution is 2.31. The van der Waals surface area contributed by atoms with Crippen LogP contribution in [0.3, 0.4) is 0 Å². The molecule has 2 aliphatic rings. The van der Waals surface area contributed by atoms with Crippen LogP contribution in [0.25, 0.3) is 0 Å². The predicted octanol–water partition coefficient (Wildman–Crippen LogP) is 1.36. The summed E-state index contributed by atoms with van der Waals surface area (Å²) in [7, 11) is 1.34. The van der Waals surface area contributed by atoms with Crippen LogP contribution < -0.4 is 0 Å². The van der Waals surface area contributed by atoms with Crippen LogP contribution in [0.1, 0.15) is 26.2 Å². The van der Waals surface area contributed by atoms with Gasteiger partial charge < -0.3 is 9.64 Å². The smallest absolute Gasteiger partial charge is 0.316 e. The molecule has 0 amide bonds. The fourth-order valence-corrected chi connectivity index (χ4v) is 2.74. The molecule has 0 spiro atoms. The second-order valence-electron chi connectivity index (χ2n) is 4.91. The Balaban J connectivity index is 2.14. The molecule has 94 valence electrons. The Hall–Kier alpha value is -1.32. The number of allylic oxidation sites excluding steroid dienone is 2. The fraction of sp³-hybridized carbons (Fsp3) is 0.692. The number of methoxy groups -OCH3 is 1. The van der Waals surface area contributed by atoms with Crippen molar-refractivity contribution < 1.29 is 14.3 Å². The quantitative estimate of drug-likeness (QED) is 0.537. The number of carbonyl (C=O) groups excluding carboxylic acids is 2. The van der Waals surface area contributed by atoms with Gasteiger partial charge in [0.2, 0.25) is 0 Å². The summed E-state index contributed by atoms with van der Waals surface area (Å²) < 4.78 is 4.69. The summed E-state index contributed by atoms with van der Waals surface area (Å²) >= 11 is 0. The van der Waals surface area contributed by atoms with E-state index >= 15 is 0 Å². The summed E-state index contributed by atoms with van der Waals surface area (Å²) in [6, 6.07) is 0. The zero-order valence-corrected chi connectivity index (χ0v) is 10.4. The van der Waals surface area contributed by atoms with E-state index in [4.69, 9.17) is 0 Å². The molecular weight excluding hydrogens is 218 g/mol. The van der Waals surface area contributed by atoms with Crippen molar-refractivity contribution in [3.05, 3.63) is 11.8 Å². The SMILES string of the molecule is COC(=O)[C@@H]1C(=O)C=C(N2CCCC2)C[C@H]1C. The topological polar surface area (TPSA) is 46.6 Å². The second kappa shape index (κ2) is 4.90. The van der Waals surface area contributed by atoms with Gasteiger partial charge in [-0.25, -0.2) is 0 Å². The van der Waals surface area contributed by atoms with Gasteiger partial charge in [0.05, 0.1) is 7.11 Å². The fourth-order valence-electron chi connectivity index (χ4n) is 2.74. The molecule has 0 saturated carbocycles. The van der Waals surface area contributed by atoms with Gasteiger partial charge in [0, 0.05) is 24.9 Å². The molecule has 0 bridgehead atoms. The maximum absolute atomic E-state index is 12.0. The number of likely N-dealkylation sites (tertiary alicyclic amines) is 1. The molecule has 0 N–H and O–H groups in total. The van der Waals surface area contributed by atoms with Gasteiger partial charge in [0.15, 0.2) is 5.78 Å². The molecule has 2 rings (SSSR count). The lowest BCUT2D eigenvalue weighted by Gasteiger charge is -2.30. The van der Waals surface area contributed by atoms with Crippen molar-refractivity contribution >= 4 is 11.8 Å². The van der Waals surface area contributed by atoms with Gasteiger partial charge in [-0.15, -0.1) is 0 Å². The Morgan fingerprint density at radius 2 is 2.06 bits per heavy atom. The van der Waals surface area contributed by atoms with Gasteiger partial charge in [0.25, 0.3) is 0 Å². The van der Waals surface area contributed by atoms with E-state index in [9.17, 15) is 9.59 Å². The normalized spacial score (nSPS) is 29.2. The molecule has 2 atom stereocenters. The van der Waals surface area contributed by atoms with Gasteiger partial charge >= 0.3 is 5.97 Å². The molecule has 0 unspecified atom stereocenters. The monoisotopic (exact) mass is 237 g/mol. The first kappa shape index (κ1) is 12.1. The molecule has 1 heterocycles. The van der Waals surface area contributed by atoms with Gasteiger partial charge in [-0.2, -0.15) is 0 Å². The van der Waals surface area contributed by atoms with E-state index < -0.39 is 11.9 Å². The Bertz CT molecular complexity index is 356. The van der Waals surface area contributed by atoms with Gasteiger partial charge in [-0.1, -0.05) is 6.92 Å². The minimum Gasteiger partial charge on any atom is -0.468 e. The van der Waals surface area contributed by atoms with Crippen molar-refractivity contribution in [3.8, 4) is 0 Å². The number of ketones is 1. The Morgan fingerprint density at radius 3 is 2.59 bits per heavy atom. The zero-order chi connectivity index (χ0) is 12.4. The molecule has 0 aromatic heterocycles. The van der Waals surface area contributed by atoms with Crippen molar-refractivity contribution in [2.75, 3.05) is 20.2 Å². The third-order valence-corrected chi connectivity index (χ3v) is 3.68. The molecule has 0 aromatic carbocycles. The minimum absolute atomic E-state index is 0.0375. The first-order valence-electron chi connectivity index (χ1n) is 6.20. The van der Waals surface area contributed by atoms with Crippen molar-refractivity contribution in [1.82, 2.24) is 4.90 Å². The predicted molar refractivity (Wildman–Crippen MR) is 63.2 cm³/mol. The molecular formula is C13H19NO3. The number of nitrogens with zero attached hydrogens (tertiary/aromatic N) is 1. The zero-order valence-electron chi connectivity index (χ0n) is 10.4. The van der Waals surface area contributed by atoms with Crippen LogP contribution in [-0.2, 0) is 14.3 Å². The Labute approximate surface area is 102 Å². The Morgan fingerprint density at radius 1 is 1.41 bits per heavy atom. The summed E-state index contributed by atoms with van der Waals surface area (Å²) in [6.45, 7) is 4.02. The molecule has 1 aliphatic carbocycles. The van der Waals surface area contributed by atoms with Crippen molar-refractivity contribution in [3.63, 3.8) is 0 Å². The van der Waals surface area contributed by atoms with Crippen LogP contribution in [0.4, 0.5) is 0 Å². The van der Waals surface area contributed by atoms with Crippen molar-refractivity contribution in [1.29, 1.82) is 0 Å². The first-order chi connectivity index (χ1) is 8.13. The summed E-state index contributed by atoms with van der Waals surface area (Å²) in [5.41, 5.74) is 1.10. The maximum Gasteiger partial charge on any atom is 0.316 e. The van der Waals surface area contributed by atoms with E-state index in [-0.39, 0.29) is 11.7 Å². The van der Waals surface area contributed by atoms with Gasteiger partial charge in [-0.3, -0.25) is 9.59 Å². The van der Waals surface area contributed by atoms with Crippen LogP contribution in [0.2, 0.25) is 0 Å². The second-order valence-corrected chi connectivity index (χ2v) is 4.91. The number of rotatable bonds is 2. The maximum atomic E-state index is 12.0. The Kier molecular flexibility index (Phi) is 3.50. The van der Waals surface area contributed by atoms with Crippen LogP contribution in [0, 0.1) is 11.8 Å². The van der Waals surface area contributed by atoms with Crippen LogP contribution in [0.5, 0.6) is 0 Å². The third-order valence-electron chi connectivity index (χ3n) is 3.68. The molecule has 4 heteroatoms. The summed E-state index contributed by atoms with van der Waals surface area (Å²) in [6.07, 6.45) is 4.83. The molecule has 1 aliphatic heterocycles. The average Bonchev–Trinajstić information content (AvgIpc) is 2.81. The highest BCUT2D eigenvalue weighted by atomic mass is 16.5. The average molecular weight is 237 g/mol. The number of hydrogen-bond donors (Lipinski definition) is 0. The standard InChI is InChI=1S/C13H19NO3/c1-9-7-10(14-5-3-4-6-14)8-11(15)12(9)13(16)17-2/h8-9,12H,3-7H2,1-2H3/t9-,12+/m1/s1. The van der Waals surface area contributed by atoms with Gasteiger partial charge in [0.1, 0.15) is 5.92 Å². The lowest BCUT2D eigenvalue weighted by atomic mass is 9.81. The summed E-state index contributed by atoms with van der Waals surface area (Å²) in [4.78, 5) is 25.8. The van der Waals surface area contributed by atoms with Crippen LogP contribution >= 0.6 is 0 Å². The van der Waals surface area contributed by atoms with Crippen LogP contribution in [0.15, 0.2) is 11.8 Å². The summed E-state index contributed by atoms with van der Waals surface area (Å²) in [5, 5.41) is 0. The number of hydrogen-bond acceptors (Lipinski definition) is 4. The first-order valence-corrected chi connectivity index (χ1v) is 6.20. The number of ether oxygens (including phenoxy) is 1. The number of carbonyl (C=O) groups is 2. The summed E-state index contributed by atoms with van der Waals surface area (Å²) in [5.74, 6) is -1.07. The molecule has 1 saturated heterocycles. The molecule has 0 radical (unpaired) electrons. The van der Waals surface area contributed by atoms with E-state index in [0.717, 1.165) is 25.2 Å². The van der Waals surface area contributed by atoms with E-state index in [1.165, 1.54) is 20.0 Å². The number of esters is 1. The molecule has 0 aromatic rings. The van der Waals surface area contributed by atoms with E-state index in [2.05, 4.69) is 9.64 Å². The third kappa shape index (κ3) is 2.35. The van der Waals surface area contributed by atoms with Crippen LogP contribution in [-0.4, -0.2) is 36.9 Å².